The van der Waals surface area contributed by atoms with Gasteiger partial charge in [-0.3, -0.25) is 9.59 Å². The number of esters is 1. The first kappa shape index (κ1) is 22.9. The van der Waals surface area contributed by atoms with Crippen LogP contribution in [0.5, 0.6) is 0 Å². The monoisotopic (exact) mass is 384 g/mol. The van der Waals surface area contributed by atoms with Crippen LogP contribution >= 0.6 is 0 Å². The molecule has 0 aliphatic carbocycles. The number of likely N-dealkylation sites (tertiary alicyclic amines) is 1. The van der Waals surface area contributed by atoms with Crippen molar-refractivity contribution in [3.05, 3.63) is 0 Å². The lowest BCUT2D eigenvalue weighted by Gasteiger charge is -2.28. The molecule has 0 spiro atoms. The largest absolute Gasteiger partial charge is 0.458 e. The summed E-state index contributed by atoms with van der Waals surface area (Å²) in [4.78, 5) is 49.7. The topological polar surface area (TPSA) is 102 Å². The van der Waals surface area contributed by atoms with E-state index in [9.17, 15) is 19.2 Å². The van der Waals surface area contributed by atoms with E-state index >= 15 is 0 Å². The fourth-order valence-corrected chi connectivity index (χ4v) is 2.50. The van der Waals surface area contributed by atoms with E-state index in [1.54, 1.807) is 46.4 Å². The third kappa shape index (κ3) is 9.40. The molecule has 1 fully saturated rings. The van der Waals surface area contributed by atoms with Crippen LogP contribution in [0.3, 0.4) is 0 Å². The number of nitrogens with zero attached hydrogens (tertiary/aromatic N) is 1. The predicted molar refractivity (Wildman–Crippen MR) is 99.1 cm³/mol. The Morgan fingerprint density at radius 2 is 1.52 bits per heavy atom. The summed E-state index contributed by atoms with van der Waals surface area (Å²) in [7, 11) is 0. The van der Waals surface area contributed by atoms with Gasteiger partial charge in [-0.05, 0) is 48.0 Å². The number of piperidine rings is 1. The Bertz CT molecular complexity index is 564. The van der Waals surface area contributed by atoms with Crippen LogP contribution in [0.4, 0.5) is 4.79 Å². The van der Waals surface area contributed by atoms with Gasteiger partial charge in [0.25, 0.3) is 0 Å². The first-order valence-electron chi connectivity index (χ1n) is 9.29. The average molecular weight is 384 g/mol. The summed E-state index contributed by atoms with van der Waals surface area (Å²) < 4.78 is 10.5. The Kier molecular flexibility index (Phi) is 7.80. The Morgan fingerprint density at radius 1 is 1.00 bits per heavy atom. The zero-order chi connectivity index (χ0) is 20.8. The van der Waals surface area contributed by atoms with Gasteiger partial charge in [-0.15, -0.1) is 0 Å². The highest BCUT2D eigenvalue weighted by atomic mass is 16.6. The third-order valence-electron chi connectivity index (χ3n) is 3.70. The summed E-state index contributed by atoms with van der Waals surface area (Å²) in [6.07, 6.45) is 0.134. The lowest BCUT2D eigenvalue weighted by molar-refractivity contribution is -0.157. The second-order valence-corrected chi connectivity index (χ2v) is 8.69. The second-order valence-electron chi connectivity index (χ2n) is 8.69. The third-order valence-corrected chi connectivity index (χ3v) is 3.70. The van der Waals surface area contributed by atoms with Crippen molar-refractivity contribution in [2.45, 2.75) is 84.5 Å². The van der Waals surface area contributed by atoms with E-state index in [0.717, 1.165) is 0 Å². The standard InChI is InChI=1S/C19H32N2O6/c1-18(2,3)26-16(24)14(20-17(25)27-19(4,5)6)7-8-15(23)21-11-9-13(22)10-12-21/h14H,7-12H2,1-6H3,(H,20,25). The quantitative estimate of drug-likeness (QED) is 0.729. The van der Waals surface area contributed by atoms with Crippen LogP contribution in [-0.2, 0) is 23.9 Å². The number of ketones is 1. The maximum absolute atomic E-state index is 12.4. The molecule has 1 N–H and O–H groups in total. The molecular formula is C19H32N2O6. The normalized spacial score (nSPS) is 16.5. The number of hydrogen-bond acceptors (Lipinski definition) is 6. The van der Waals surface area contributed by atoms with Crippen molar-refractivity contribution < 1.29 is 28.7 Å². The molecule has 0 aromatic heterocycles. The second kappa shape index (κ2) is 9.19. The first-order valence-corrected chi connectivity index (χ1v) is 9.29. The Hall–Kier alpha value is -2.12. The molecule has 2 amide bonds. The van der Waals surface area contributed by atoms with Crippen molar-refractivity contribution in [1.29, 1.82) is 0 Å². The minimum Gasteiger partial charge on any atom is -0.458 e. The average Bonchev–Trinajstić information content (AvgIpc) is 2.48. The van der Waals surface area contributed by atoms with Gasteiger partial charge in [-0.25, -0.2) is 9.59 Å². The van der Waals surface area contributed by atoms with Gasteiger partial charge in [0.15, 0.2) is 0 Å². The molecule has 1 aliphatic heterocycles. The summed E-state index contributed by atoms with van der Waals surface area (Å²) in [5.41, 5.74) is -1.43. The zero-order valence-corrected chi connectivity index (χ0v) is 17.2. The molecule has 0 saturated carbocycles. The first-order chi connectivity index (χ1) is 12.3. The molecule has 1 atom stereocenters. The predicted octanol–water partition coefficient (Wildman–Crippen LogP) is 2.19. The molecule has 1 unspecified atom stereocenters. The maximum atomic E-state index is 12.4. The van der Waals surface area contributed by atoms with Crippen molar-refractivity contribution in [3.8, 4) is 0 Å². The highest BCUT2D eigenvalue weighted by molar-refractivity contribution is 5.85. The van der Waals surface area contributed by atoms with Crippen LogP contribution < -0.4 is 5.32 Å². The SMILES string of the molecule is CC(C)(C)OC(=O)NC(CCC(=O)N1CCC(=O)CC1)C(=O)OC(C)(C)C. The van der Waals surface area contributed by atoms with Gasteiger partial charge in [0.1, 0.15) is 23.0 Å². The number of alkyl carbamates (subject to hydrolysis) is 1. The molecule has 8 nitrogen and oxygen atoms in total. The minimum absolute atomic E-state index is 0.0634. The number of hydrogen-bond donors (Lipinski definition) is 1. The molecule has 0 radical (unpaired) electrons. The number of Topliss-reactive ketones (excluding diaryl/α,β-unsaturated/α-hetero) is 1. The van der Waals surface area contributed by atoms with E-state index in [4.69, 9.17) is 9.47 Å². The number of carbonyl (C=O) groups is 4. The number of carbonyl (C=O) groups excluding carboxylic acids is 4. The van der Waals surface area contributed by atoms with Crippen LogP contribution in [0.1, 0.15) is 67.2 Å². The molecule has 1 heterocycles. The highest BCUT2D eigenvalue weighted by Gasteiger charge is 2.30. The molecule has 0 bridgehead atoms. The minimum atomic E-state index is -0.991. The van der Waals surface area contributed by atoms with Crippen molar-refractivity contribution in [2.24, 2.45) is 0 Å². The summed E-state index contributed by atoms with van der Waals surface area (Å²) in [5, 5.41) is 2.50. The van der Waals surface area contributed by atoms with E-state index in [1.165, 1.54) is 0 Å². The van der Waals surface area contributed by atoms with Gasteiger partial charge in [-0.1, -0.05) is 0 Å². The number of nitrogens with one attached hydrogen (secondary N) is 1. The molecule has 1 aliphatic rings. The fourth-order valence-electron chi connectivity index (χ4n) is 2.50. The van der Waals surface area contributed by atoms with Crippen LogP contribution in [0, 0.1) is 0 Å². The lowest BCUT2D eigenvalue weighted by Crippen LogP contribution is -2.47. The fraction of sp³-hybridized carbons (Fsp3) is 0.789. The molecule has 27 heavy (non-hydrogen) atoms. The molecule has 154 valence electrons. The van der Waals surface area contributed by atoms with E-state index in [1.807, 2.05) is 0 Å². The van der Waals surface area contributed by atoms with Gasteiger partial charge >= 0.3 is 12.1 Å². The van der Waals surface area contributed by atoms with Crippen LogP contribution in [0.2, 0.25) is 0 Å². The van der Waals surface area contributed by atoms with Gasteiger partial charge in [0, 0.05) is 32.4 Å². The maximum Gasteiger partial charge on any atom is 0.408 e. The zero-order valence-electron chi connectivity index (χ0n) is 17.2. The number of ether oxygens (including phenoxy) is 2. The highest BCUT2D eigenvalue weighted by Crippen LogP contribution is 2.14. The molecule has 0 aromatic carbocycles. The Labute approximate surface area is 160 Å². The van der Waals surface area contributed by atoms with Crippen molar-refractivity contribution >= 4 is 23.8 Å². The molecular weight excluding hydrogens is 352 g/mol. The summed E-state index contributed by atoms with van der Waals surface area (Å²) in [6.45, 7) is 11.1. The smallest absolute Gasteiger partial charge is 0.408 e. The molecule has 1 saturated heterocycles. The lowest BCUT2D eigenvalue weighted by atomic mass is 10.1. The van der Waals surface area contributed by atoms with Crippen molar-refractivity contribution in [3.63, 3.8) is 0 Å². The number of amides is 2. The van der Waals surface area contributed by atoms with Gasteiger partial charge in [-0.2, -0.15) is 0 Å². The van der Waals surface area contributed by atoms with E-state index < -0.39 is 29.3 Å². The summed E-state index contributed by atoms with van der Waals surface area (Å²) >= 11 is 0. The van der Waals surface area contributed by atoms with E-state index in [0.29, 0.717) is 25.9 Å². The van der Waals surface area contributed by atoms with E-state index in [-0.39, 0.29) is 24.5 Å². The summed E-state index contributed by atoms with van der Waals surface area (Å²) in [5.74, 6) is -0.616. The van der Waals surface area contributed by atoms with Crippen LogP contribution in [-0.4, -0.2) is 59.0 Å². The van der Waals surface area contributed by atoms with Crippen LogP contribution in [0.15, 0.2) is 0 Å². The Balaban J connectivity index is 2.69. The van der Waals surface area contributed by atoms with Crippen LogP contribution in [0.25, 0.3) is 0 Å². The Morgan fingerprint density at radius 3 is 2.00 bits per heavy atom. The van der Waals surface area contributed by atoms with Crippen molar-refractivity contribution in [2.75, 3.05) is 13.1 Å². The summed E-state index contributed by atoms with van der Waals surface area (Å²) in [6, 6.07) is -0.991. The number of rotatable bonds is 5. The van der Waals surface area contributed by atoms with E-state index in [2.05, 4.69) is 5.32 Å². The molecule has 0 aromatic rings. The van der Waals surface area contributed by atoms with Crippen molar-refractivity contribution in [1.82, 2.24) is 10.2 Å². The molecule has 1 rings (SSSR count). The van der Waals surface area contributed by atoms with Gasteiger partial charge in [0.2, 0.25) is 5.91 Å². The van der Waals surface area contributed by atoms with Gasteiger partial charge < -0.3 is 19.7 Å². The van der Waals surface area contributed by atoms with Gasteiger partial charge in [0.05, 0.1) is 0 Å². The molecule has 8 heteroatoms.